The summed E-state index contributed by atoms with van der Waals surface area (Å²) in [7, 11) is 0. The van der Waals surface area contributed by atoms with Crippen LogP contribution in [-0.2, 0) is 4.79 Å². The number of carboxylic acids is 2. The minimum Gasteiger partial charge on any atom is -0.480 e. The molecule has 1 rings (SSSR count). The zero-order valence-electron chi connectivity index (χ0n) is 8.31. The Balaban J connectivity index is 2.98. The van der Waals surface area contributed by atoms with Crippen LogP contribution >= 0.6 is 11.8 Å². The fraction of sp³-hybridized carbons (Fsp3) is 0.200. The van der Waals surface area contributed by atoms with Gasteiger partial charge in [0.1, 0.15) is 11.1 Å². The topological polar surface area (TPSA) is 74.6 Å². The number of carboxylic acid groups (broad SMARTS) is 2. The van der Waals surface area contributed by atoms with Crippen LogP contribution in [0.5, 0.6) is 0 Å². The van der Waals surface area contributed by atoms with Gasteiger partial charge in [0, 0.05) is 4.90 Å². The van der Waals surface area contributed by atoms with Gasteiger partial charge in [-0.15, -0.1) is 11.8 Å². The molecule has 1 atom stereocenters. The van der Waals surface area contributed by atoms with E-state index < -0.39 is 23.0 Å². The van der Waals surface area contributed by atoms with Crippen molar-refractivity contribution in [2.45, 2.75) is 17.1 Å². The third-order valence-corrected chi connectivity index (χ3v) is 2.95. The van der Waals surface area contributed by atoms with Gasteiger partial charge in [-0.3, -0.25) is 4.79 Å². The number of carbonyl (C=O) groups is 2. The molecule has 1 unspecified atom stereocenters. The average Bonchev–Trinajstić information content (AvgIpc) is 2.20. The zero-order valence-corrected chi connectivity index (χ0v) is 9.12. The summed E-state index contributed by atoms with van der Waals surface area (Å²) in [5, 5.41) is 16.5. The summed E-state index contributed by atoms with van der Waals surface area (Å²) in [6.07, 6.45) is 0. The van der Waals surface area contributed by atoms with E-state index in [0.29, 0.717) is 0 Å². The maximum atomic E-state index is 13.3. The van der Waals surface area contributed by atoms with Gasteiger partial charge in [0.05, 0.1) is 5.56 Å². The molecule has 0 radical (unpaired) electrons. The SMILES string of the molecule is CC(Sc1cc(C(=O)O)ccc1F)C(=O)O. The molecule has 1 aromatic carbocycles. The molecular formula is C10H9FO4S. The highest BCUT2D eigenvalue weighted by Gasteiger charge is 2.16. The van der Waals surface area contributed by atoms with Crippen LogP contribution in [-0.4, -0.2) is 27.4 Å². The Morgan fingerprint density at radius 3 is 2.50 bits per heavy atom. The van der Waals surface area contributed by atoms with E-state index in [4.69, 9.17) is 10.2 Å². The van der Waals surface area contributed by atoms with Crippen LogP contribution in [0.15, 0.2) is 23.1 Å². The van der Waals surface area contributed by atoms with E-state index >= 15 is 0 Å². The molecule has 1 aromatic rings. The van der Waals surface area contributed by atoms with Gasteiger partial charge >= 0.3 is 11.9 Å². The number of halogens is 1. The summed E-state index contributed by atoms with van der Waals surface area (Å²) in [6.45, 7) is 1.40. The van der Waals surface area contributed by atoms with Crippen molar-refractivity contribution in [3.05, 3.63) is 29.6 Å². The fourth-order valence-electron chi connectivity index (χ4n) is 0.968. The molecule has 86 valence electrons. The number of rotatable bonds is 4. The van der Waals surface area contributed by atoms with Gasteiger partial charge < -0.3 is 10.2 Å². The molecule has 0 fully saturated rings. The van der Waals surface area contributed by atoms with Crippen LogP contribution in [0.2, 0.25) is 0 Å². The smallest absolute Gasteiger partial charge is 0.335 e. The normalized spacial score (nSPS) is 12.1. The second-order valence-electron chi connectivity index (χ2n) is 3.05. The fourth-order valence-corrected chi connectivity index (χ4v) is 1.82. The van der Waals surface area contributed by atoms with E-state index in [2.05, 4.69) is 0 Å². The Bertz CT molecular complexity index is 433. The minimum atomic E-state index is -1.18. The summed E-state index contributed by atoms with van der Waals surface area (Å²) in [4.78, 5) is 21.2. The second-order valence-corrected chi connectivity index (χ2v) is 4.43. The molecule has 0 saturated heterocycles. The third kappa shape index (κ3) is 2.96. The first-order chi connectivity index (χ1) is 7.41. The molecule has 0 amide bonds. The minimum absolute atomic E-state index is 0.0230. The second kappa shape index (κ2) is 4.98. The van der Waals surface area contributed by atoms with E-state index in [1.807, 2.05) is 0 Å². The molecule has 0 heterocycles. The largest absolute Gasteiger partial charge is 0.480 e. The predicted octanol–water partition coefficient (Wildman–Crippen LogP) is 2.09. The van der Waals surface area contributed by atoms with Crippen LogP contribution in [0, 0.1) is 5.82 Å². The molecule has 0 spiro atoms. The molecule has 0 aliphatic rings. The van der Waals surface area contributed by atoms with Crippen molar-refractivity contribution in [3.8, 4) is 0 Å². The van der Waals surface area contributed by atoms with Gasteiger partial charge in [-0.1, -0.05) is 0 Å². The summed E-state index contributed by atoms with van der Waals surface area (Å²) >= 11 is 0.772. The average molecular weight is 244 g/mol. The van der Waals surface area contributed by atoms with E-state index in [9.17, 15) is 14.0 Å². The summed E-state index contributed by atoms with van der Waals surface area (Å²) in [6, 6.07) is 3.27. The van der Waals surface area contributed by atoms with Crippen molar-refractivity contribution < 1.29 is 24.2 Å². The van der Waals surface area contributed by atoms with Crippen molar-refractivity contribution in [2.75, 3.05) is 0 Å². The van der Waals surface area contributed by atoms with Gasteiger partial charge in [-0.2, -0.15) is 0 Å². The molecule has 4 nitrogen and oxygen atoms in total. The Hall–Kier alpha value is -1.56. The van der Waals surface area contributed by atoms with Crippen LogP contribution in [0.4, 0.5) is 4.39 Å². The van der Waals surface area contributed by atoms with Crippen molar-refractivity contribution in [1.82, 2.24) is 0 Å². The van der Waals surface area contributed by atoms with Crippen molar-refractivity contribution in [3.63, 3.8) is 0 Å². The number of aromatic carboxylic acids is 1. The third-order valence-electron chi connectivity index (χ3n) is 1.83. The van der Waals surface area contributed by atoms with Crippen LogP contribution in [0.3, 0.4) is 0 Å². The number of aliphatic carboxylic acids is 1. The molecule has 16 heavy (non-hydrogen) atoms. The van der Waals surface area contributed by atoms with Gasteiger partial charge in [-0.25, -0.2) is 9.18 Å². The number of hydrogen-bond acceptors (Lipinski definition) is 3. The maximum absolute atomic E-state index is 13.3. The Morgan fingerprint density at radius 1 is 1.38 bits per heavy atom. The van der Waals surface area contributed by atoms with Gasteiger partial charge in [0.15, 0.2) is 0 Å². The standard InChI is InChI=1S/C10H9FO4S/c1-5(9(12)13)16-8-4-6(10(14)15)2-3-7(8)11/h2-5H,1H3,(H,12,13)(H,14,15). The lowest BCUT2D eigenvalue weighted by Gasteiger charge is -2.07. The van der Waals surface area contributed by atoms with Crippen molar-refractivity contribution >= 4 is 23.7 Å². The molecule has 0 aliphatic carbocycles. The van der Waals surface area contributed by atoms with Crippen molar-refractivity contribution in [1.29, 1.82) is 0 Å². The molecule has 2 N–H and O–H groups in total. The lowest BCUT2D eigenvalue weighted by atomic mass is 10.2. The van der Waals surface area contributed by atoms with E-state index in [0.717, 1.165) is 30.0 Å². The summed E-state index contributed by atoms with van der Waals surface area (Å²) in [5.74, 6) is -2.88. The highest BCUT2D eigenvalue weighted by molar-refractivity contribution is 8.00. The predicted molar refractivity (Wildman–Crippen MR) is 56.3 cm³/mol. The van der Waals surface area contributed by atoms with E-state index in [1.165, 1.54) is 6.92 Å². The lowest BCUT2D eigenvalue weighted by Crippen LogP contribution is -2.11. The van der Waals surface area contributed by atoms with Crippen LogP contribution in [0.25, 0.3) is 0 Å². The summed E-state index contributed by atoms with van der Waals surface area (Å²) in [5.41, 5.74) is -0.0681. The first-order valence-electron chi connectivity index (χ1n) is 4.34. The molecule has 0 saturated carbocycles. The molecular weight excluding hydrogens is 235 g/mol. The molecule has 6 heteroatoms. The van der Waals surface area contributed by atoms with Gasteiger partial charge in [-0.05, 0) is 25.1 Å². The first kappa shape index (κ1) is 12.5. The molecule has 0 aromatic heterocycles. The Morgan fingerprint density at radius 2 is 2.00 bits per heavy atom. The maximum Gasteiger partial charge on any atom is 0.335 e. The van der Waals surface area contributed by atoms with E-state index in [-0.39, 0.29) is 10.5 Å². The highest BCUT2D eigenvalue weighted by atomic mass is 32.2. The van der Waals surface area contributed by atoms with E-state index in [1.54, 1.807) is 0 Å². The Labute approximate surface area is 95.1 Å². The zero-order chi connectivity index (χ0) is 12.3. The van der Waals surface area contributed by atoms with Crippen LogP contribution < -0.4 is 0 Å². The quantitative estimate of drug-likeness (QED) is 0.793. The van der Waals surface area contributed by atoms with Crippen molar-refractivity contribution in [2.24, 2.45) is 0 Å². The lowest BCUT2D eigenvalue weighted by molar-refractivity contribution is -0.136. The number of benzene rings is 1. The monoisotopic (exact) mass is 244 g/mol. The van der Waals surface area contributed by atoms with Gasteiger partial charge in [0.2, 0.25) is 0 Å². The number of thioether (sulfide) groups is 1. The number of hydrogen-bond donors (Lipinski definition) is 2. The highest BCUT2D eigenvalue weighted by Crippen LogP contribution is 2.27. The van der Waals surface area contributed by atoms with Gasteiger partial charge in [0.25, 0.3) is 0 Å². The van der Waals surface area contributed by atoms with Crippen LogP contribution in [0.1, 0.15) is 17.3 Å². The first-order valence-corrected chi connectivity index (χ1v) is 5.22. The Kier molecular flexibility index (Phi) is 3.89. The molecule has 0 aliphatic heterocycles. The summed E-state index contributed by atoms with van der Waals surface area (Å²) < 4.78 is 13.3. The molecule has 0 bridgehead atoms.